The number of hydrogen-bond acceptors (Lipinski definition) is 2. The number of amides is 2. The van der Waals surface area contributed by atoms with E-state index in [0.29, 0.717) is 13.2 Å². The third kappa shape index (κ3) is 5.26. The van der Waals surface area contributed by atoms with Crippen LogP contribution >= 0.6 is 0 Å². The summed E-state index contributed by atoms with van der Waals surface area (Å²) >= 11 is 0. The number of halogens is 1. The summed E-state index contributed by atoms with van der Waals surface area (Å²) in [6.07, 6.45) is 0.797. The predicted molar refractivity (Wildman–Crippen MR) is 73.9 cm³/mol. The molecule has 1 atom stereocenters. The molecule has 1 unspecified atom stereocenters. The van der Waals surface area contributed by atoms with Crippen molar-refractivity contribution in [3.05, 3.63) is 29.6 Å². The fourth-order valence-electron chi connectivity index (χ4n) is 1.65. The van der Waals surface area contributed by atoms with Crippen molar-refractivity contribution in [2.24, 2.45) is 0 Å². The van der Waals surface area contributed by atoms with E-state index < -0.39 is 11.8 Å². The molecule has 0 saturated heterocycles. The van der Waals surface area contributed by atoms with Gasteiger partial charge in [0.2, 0.25) is 0 Å². The summed E-state index contributed by atoms with van der Waals surface area (Å²) in [4.78, 5) is 11.6. The minimum atomic E-state index is -0.438. The minimum absolute atomic E-state index is 0.0152. The number of carbonyl (C=O) groups is 1. The maximum Gasteiger partial charge on any atom is 0.319 e. The Hall–Kier alpha value is -1.62. The molecule has 0 aliphatic carbocycles. The zero-order chi connectivity index (χ0) is 14.3. The smallest absolute Gasteiger partial charge is 0.319 e. The van der Waals surface area contributed by atoms with Gasteiger partial charge >= 0.3 is 6.03 Å². The number of carbonyl (C=O) groups excluding carboxylic acids is 1. The Labute approximate surface area is 113 Å². The van der Waals surface area contributed by atoms with Crippen LogP contribution in [0.15, 0.2) is 18.2 Å². The third-order valence-electron chi connectivity index (χ3n) is 2.72. The SMILES string of the molecule is CCOC(CC)CNC(=O)Nc1ccc(C)cc1F. The molecule has 19 heavy (non-hydrogen) atoms. The van der Waals surface area contributed by atoms with Gasteiger partial charge in [0.15, 0.2) is 0 Å². The molecule has 5 heteroatoms. The van der Waals surface area contributed by atoms with Crippen molar-refractivity contribution in [2.75, 3.05) is 18.5 Å². The highest BCUT2D eigenvalue weighted by atomic mass is 19.1. The molecule has 1 aromatic carbocycles. The topological polar surface area (TPSA) is 50.4 Å². The summed E-state index contributed by atoms with van der Waals surface area (Å²) in [5, 5.41) is 5.15. The van der Waals surface area contributed by atoms with E-state index in [9.17, 15) is 9.18 Å². The van der Waals surface area contributed by atoms with Crippen LogP contribution in [0.2, 0.25) is 0 Å². The van der Waals surface area contributed by atoms with Crippen molar-refractivity contribution in [1.82, 2.24) is 5.32 Å². The quantitative estimate of drug-likeness (QED) is 0.833. The van der Waals surface area contributed by atoms with Crippen molar-refractivity contribution in [2.45, 2.75) is 33.3 Å². The Morgan fingerprint density at radius 2 is 2.16 bits per heavy atom. The Morgan fingerprint density at radius 1 is 1.42 bits per heavy atom. The van der Waals surface area contributed by atoms with Crippen LogP contribution in [0.25, 0.3) is 0 Å². The van der Waals surface area contributed by atoms with Gasteiger partial charge < -0.3 is 15.4 Å². The highest BCUT2D eigenvalue weighted by Crippen LogP contribution is 2.14. The van der Waals surface area contributed by atoms with Gasteiger partial charge in [0.1, 0.15) is 5.82 Å². The monoisotopic (exact) mass is 268 g/mol. The van der Waals surface area contributed by atoms with E-state index in [1.807, 2.05) is 13.8 Å². The van der Waals surface area contributed by atoms with Crippen LogP contribution in [0.1, 0.15) is 25.8 Å². The van der Waals surface area contributed by atoms with E-state index in [0.717, 1.165) is 12.0 Å². The lowest BCUT2D eigenvalue weighted by atomic mass is 10.2. The third-order valence-corrected chi connectivity index (χ3v) is 2.72. The average Bonchev–Trinajstić information content (AvgIpc) is 2.38. The summed E-state index contributed by atoms with van der Waals surface area (Å²) in [6, 6.07) is 4.24. The fraction of sp³-hybridized carbons (Fsp3) is 0.500. The molecule has 106 valence electrons. The molecule has 2 amide bonds. The molecule has 0 saturated carbocycles. The Morgan fingerprint density at radius 3 is 2.74 bits per heavy atom. The molecule has 0 aromatic heterocycles. The molecule has 4 nitrogen and oxygen atoms in total. The van der Waals surface area contributed by atoms with Crippen LogP contribution in [-0.4, -0.2) is 25.3 Å². The minimum Gasteiger partial charge on any atom is -0.377 e. The predicted octanol–water partition coefficient (Wildman–Crippen LogP) is 3.07. The number of aryl methyl sites for hydroxylation is 1. The molecular formula is C14H21FN2O2. The zero-order valence-corrected chi connectivity index (χ0v) is 11.6. The van der Waals surface area contributed by atoms with Crippen LogP contribution in [-0.2, 0) is 4.74 Å². The molecule has 0 spiro atoms. The van der Waals surface area contributed by atoms with E-state index >= 15 is 0 Å². The fourth-order valence-corrected chi connectivity index (χ4v) is 1.65. The van der Waals surface area contributed by atoms with Crippen molar-refractivity contribution in [1.29, 1.82) is 0 Å². The summed E-state index contributed by atoms with van der Waals surface area (Å²) < 4.78 is 18.9. The van der Waals surface area contributed by atoms with Crippen LogP contribution < -0.4 is 10.6 Å². The molecule has 0 aliphatic rings. The van der Waals surface area contributed by atoms with E-state index in [1.165, 1.54) is 6.07 Å². The van der Waals surface area contributed by atoms with E-state index in [1.54, 1.807) is 19.1 Å². The van der Waals surface area contributed by atoms with E-state index in [4.69, 9.17) is 4.74 Å². The van der Waals surface area contributed by atoms with Gasteiger partial charge in [-0.1, -0.05) is 13.0 Å². The zero-order valence-electron chi connectivity index (χ0n) is 11.6. The Kier molecular flexibility index (Phi) is 6.29. The lowest BCUT2D eigenvalue weighted by molar-refractivity contribution is 0.0622. The van der Waals surface area contributed by atoms with Gasteiger partial charge in [-0.05, 0) is 38.0 Å². The molecule has 0 radical (unpaired) electrons. The van der Waals surface area contributed by atoms with Crippen LogP contribution in [0.5, 0.6) is 0 Å². The standard InChI is InChI=1S/C14H21FN2O2/c1-4-11(19-5-2)9-16-14(18)17-13-7-6-10(3)8-12(13)15/h6-8,11H,4-5,9H2,1-3H3,(H2,16,17,18). The van der Waals surface area contributed by atoms with E-state index in [2.05, 4.69) is 10.6 Å². The van der Waals surface area contributed by atoms with Gasteiger partial charge in [-0.25, -0.2) is 9.18 Å². The first kappa shape index (κ1) is 15.4. The second-order valence-electron chi connectivity index (χ2n) is 4.30. The normalized spacial score (nSPS) is 12.0. The Balaban J connectivity index is 2.46. The molecule has 1 aromatic rings. The lowest BCUT2D eigenvalue weighted by Gasteiger charge is -2.16. The number of urea groups is 1. The van der Waals surface area contributed by atoms with Gasteiger partial charge in [0.25, 0.3) is 0 Å². The lowest BCUT2D eigenvalue weighted by Crippen LogP contribution is -2.36. The molecule has 1 rings (SSSR count). The largest absolute Gasteiger partial charge is 0.377 e. The highest BCUT2D eigenvalue weighted by molar-refractivity contribution is 5.89. The number of nitrogens with one attached hydrogen (secondary N) is 2. The first-order valence-corrected chi connectivity index (χ1v) is 6.49. The first-order chi connectivity index (χ1) is 9.06. The van der Waals surface area contributed by atoms with Crippen molar-refractivity contribution in [3.63, 3.8) is 0 Å². The van der Waals surface area contributed by atoms with Crippen molar-refractivity contribution >= 4 is 11.7 Å². The number of benzene rings is 1. The van der Waals surface area contributed by atoms with Gasteiger partial charge in [0.05, 0.1) is 11.8 Å². The van der Waals surface area contributed by atoms with Gasteiger partial charge in [-0.2, -0.15) is 0 Å². The highest BCUT2D eigenvalue weighted by Gasteiger charge is 2.10. The molecule has 0 heterocycles. The number of anilines is 1. The molecule has 0 aliphatic heterocycles. The molecular weight excluding hydrogens is 247 g/mol. The molecule has 0 bridgehead atoms. The number of rotatable bonds is 6. The van der Waals surface area contributed by atoms with Gasteiger partial charge in [0, 0.05) is 13.2 Å². The second kappa shape index (κ2) is 7.74. The summed E-state index contributed by atoms with van der Waals surface area (Å²) in [5.74, 6) is -0.438. The van der Waals surface area contributed by atoms with E-state index in [-0.39, 0.29) is 11.8 Å². The van der Waals surface area contributed by atoms with Crippen LogP contribution in [0.4, 0.5) is 14.9 Å². The molecule has 0 fully saturated rings. The average molecular weight is 268 g/mol. The number of ether oxygens (including phenoxy) is 1. The van der Waals surface area contributed by atoms with Crippen LogP contribution in [0, 0.1) is 12.7 Å². The summed E-state index contributed by atoms with van der Waals surface area (Å²) in [5.41, 5.74) is 0.985. The molecule has 2 N–H and O–H groups in total. The van der Waals surface area contributed by atoms with Crippen molar-refractivity contribution < 1.29 is 13.9 Å². The number of hydrogen-bond donors (Lipinski definition) is 2. The second-order valence-corrected chi connectivity index (χ2v) is 4.30. The summed E-state index contributed by atoms with van der Waals surface area (Å²) in [6.45, 7) is 6.70. The van der Waals surface area contributed by atoms with Gasteiger partial charge in [-0.15, -0.1) is 0 Å². The maximum atomic E-state index is 13.5. The van der Waals surface area contributed by atoms with Crippen LogP contribution in [0.3, 0.4) is 0 Å². The van der Waals surface area contributed by atoms with Gasteiger partial charge in [-0.3, -0.25) is 0 Å². The Bertz CT molecular complexity index is 424. The van der Waals surface area contributed by atoms with Crippen molar-refractivity contribution in [3.8, 4) is 0 Å². The first-order valence-electron chi connectivity index (χ1n) is 6.49. The summed E-state index contributed by atoms with van der Waals surface area (Å²) in [7, 11) is 0. The maximum absolute atomic E-state index is 13.5.